The van der Waals surface area contributed by atoms with E-state index in [1.165, 1.54) is 4.90 Å². The smallest absolute Gasteiger partial charge is 0.261 e. The molecule has 0 aromatic heterocycles. The summed E-state index contributed by atoms with van der Waals surface area (Å²) in [5, 5.41) is 2.93. The summed E-state index contributed by atoms with van der Waals surface area (Å²) in [5.74, 6) is -0.811. The van der Waals surface area contributed by atoms with Crippen molar-refractivity contribution in [1.82, 2.24) is 4.90 Å². The zero-order valence-electron chi connectivity index (χ0n) is 16.7. The maximum absolute atomic E-state index is 12.9. The molecular formula is C24H26N2O3. The third-order valence-electron chi connectivity index (χ3n) is 6.05. The van der Waals surface area contributed by atoms with Gasteiger partial charge in [-0.1, -0.05) is 56.5 Å². The molecule has 1 saturated carbocycles. The molecule has 150 valence electrons. The highest BCUT2D eigenvalue weighted by Crippen LogP contribution is 2.32. The van der Waals surface area contributed by atoms with E-state index in [0.717, 1.165) is 37.7 Å². The third-order valence-corrected chi connectivity index (χ3v) is 6.05. The number of imide groups is 1. The molecule has 1 atom stereocenters. The fourth-order valence-electron chi connectivity index (χ4n) is 4.50. The number of amides is 3. The van der Waals surface area contributed by atoms with Crippen LogP contribution in [0.4, 0.5) is 5.69 Å². The van der Waals surface area contributed by atoms with Gasteiger partial charge in [-0.2, -0.15) is 0 Å². The van der Waals surface area contributed by atoms with Crippen LogP contribution in [-0.4, -0.2) is 28.7 Å². The average Bonchev–Trinajstić information content (AvgIpc) is 3.00. The zero-order chi connectivity index (χ0) is 20.4. The van der Waals surface area contributed by atoms with Crippen LogP contribution in [0, 0.1) is 0 Å². The minimum atomic E-state index is -0.263. The zero-order valence-corrected chi connectivity index (χ0v) is 16.7. The monoisotopic (exact) mass is 390 g/mol. The lowest BCUT2D eigenvalue weighted by atomic mass is 9.94. The maximum atomic E-state index is 12.9. The quantitative estimate of drug-likeness (QED) is 0.750. The lowest BCUT2D eigenvalue weighted by Gasteiger charge is -2.29. The molecule has 2 aromatic rings. The van der Waals surface area contributed by atoms with Crippen LogP contribution < -0.4 is 5.32 Å². The van der Waals surface area contributed by atoms with Crippen molar-refractivity contribution in [2.45, 2.75) is 57.4 Å². The number of hydrogen-bond donors (Lipinski definition) is 1. The number of anilines is 1. The van der Waals surface area contributed by atoms with Gasteiger partial charge in [0.25, 0.3) is 11.8 Å². The Morgan fingerprint density at radius 2 is 1.69 bits per heavy atom. The molecule has 1 heterocycles. The van der Waals surface area contributed by atoms with Crippen molar-refractivity contribution in [2.24, 2.45) is 0 Å². The van der Waals surface area contributed by atoms with Gasteiger partial charge in [0.05, 0.1) is 17.0 Å². The van der Waals surface area contributed by atoms with Gasteiger partial charge in [0, 0.05) is 11.7 Å². The van der Waals surface area contributed by atoms with Gasteiger partial charge in [-0.05, 0) is 43.0 Å². The van der Waals surface area contributed by atoms with E-state index in [9.17, 15) is 14.4 Å². The van der Waals surface area contributed by atoms with E-state index < -0.39 is 0 Å². The van der Waals surface area contributed by atoms with E-state index in [4.69, 9.17) is 0 Å². The Labute approximate surface area is 171 Å². The van der Waals surface area contributed by atoms with Crippen molar-refractivity contribution in [1.29, 1.82) is 0 Å². The Balaban J connectivity index is 1.54. The van der Waals surface area contributed by atoms with E-state index in [-0.39, 0.29) is 29.7 Å². The normalized spacial score (nSPS) is 17.9. The van der Waals surface area contributed by atoms with Gasteiger partial charge in [-0.15, -0.1) is 0 Å². The Hall–Kier alpha value is -2.95. The molecule has 1 aliphatic heterocycles. The molecule has 29 heavy (non-hydrogen) atoms. The maximum Gasteiger partial charge on any atom is 0.261 e. The second-order valence-corrected chi connectivity index (χ2v) is 7.89. The van der Waals surface area contributed by atoms with Crippen LogP contribution >= 0.6 is 0 Å². The van der Waals surface area contributed by atoms with Gasteiger partial charge in [0.15, 0.2) is 0 Å². The lowest BCUT2D eigenvalue weighted by Crippen LogP contribution is -2.40. The van der Waals surface area contributed by atoms with Crippen LogP contribution in [0.2, 0.25) is 0 Å². The number of nitrogens with one attached hydrogen (secondary N) is 1. The second-order valence-electron chi connectivity index (χ2n) is 7.89. The number of hydrogen-bond acceptors (Lipinski definition) is 3. The average molecular weight is 390 g/mol. The van der Waals surface area contributed by atoms with Crippen LogP contribution in [0.1, 0.15) is 77.6 Å². The van der Waals surface area contributed by atoms with E-state index in [2.05, 4.69) is 5.32 Å². The molecule has 0 radical (unpaired) electrons. The van der Waals surface area contributed by atoms with Crippen molar-refractivity contribution < 1.29 is 14.4 Å². The predicted molar refractivity (Wildman–Crippen MR) is 112 cm³/mol. The Bertz CT molecular complexity index is 932. The van der Waals surface area contributed by atoms with Crippen LogP contribution in [0.5, 0.6) is 0 Å². The summed E-state index contributed by atoms with van der Waals surface area (Å²) in [5.41, 5.74) is 2.35. The van der Waals surface area contributed by atoms with Gasteiger partial charge in [-0.25, -0.2) is 0 Å². The molecule has 0 bridgehead atoms. The highest BCUT2D eigenvalue weighted by Gasteiger charge is 2.40. The number of carbonyl (C=O) groups is 3. The first-order chi connectivity index (χ1) is 14.1. The molecular weight excluding hydrogens is 364 g/mol. The van der Waals surface area contributed by atoms with Crippen molar-refractivity contribution in [3.05, 3.63) is 65.2 Å². The molecule has 5 heteroatoms. The molecule has 5 nitrogen and oxygen atoms in total. The van der Waals surface area contributed by atoms with Gasteiger partial charge >= 0.3 is 0 Å². The molecule has 4 rings (SSSR count). The predicted octanol–water partition coefficient (Wildman–Crippen LogP) is 4.75. The molecule has 1 aliphatic carbocycles. The van der Waals surface area contributed by atoms with Gasteiger partial charge in [0.2, 0.25) is 5.91 Å². The standard InChI is InChI=1S/C24H26N2O3/c1-2-19(16-9-5-3-6-10-16)22(27)25-17-13-14-20-21(15-17)24(29)26(23(20)28)18-11-7-4-8-12-18/h3,5-6,9-10,13-15,18-19H,2,4,7-8,11-12H2,1H3,(H,25,27)/t19-/m1/s1. The first kappa shape index (κ1) is 19.4. The largest absolute Gasteiger partial charge is 0.326 e. The summed E-state index contributed by atoms with van der Waals surface area (Å²) < 4.78 is 0. The van der Waals surface area contributed by atoms with Crippen LogP contribution in [0.3, 0.4) is 0 Å². The van der Waals surface area contributed by atoms with Crippen molar-refractivity contribution >= 4 is 23.4 Å². The van der Waals surface area contributed by atoms with Gasteiger partial charge in [0.1, 0.15) is 0 Å². The van der Waals surface area contributed by atoms with Crippen LogP contribution in [0.15, 0.2) is 48.5 Å². The van der Waals surface area contributed by atoms with Gasteiger partial charge in [-0.3, -0.25) is 19.3 Å². The number of carbonyl (C=O) groups excluding carboxylic acids is 3. The fourth-order valence-corrected chi connectivity index (χ4v) is 4.50. The van der Waals surface area contributed by atoms with E-state index >= 15 is 0 Å². The Morgan fingerprint density at radius 3 is 2.38 bits per heavy atom. The summed E-state index contributed by atoms with van der Waals surface area (Å²) >= 11 is 0. The second kappa shape index (κ2) is 8.19. The molecule has 0 unspecified atom stereocenters. The van der Waals surface area contributed by atoms with Crippen molar-refractivity contribution in [3.8, 4) is 0 Å². The summed E-state index contributed by atoms with van der Waals surface area (Å²) in [7, 11) is 0. The van der Waals surface area contributed by atoms with Crippen LogP contribution in [-0.2, 0) is 4.79 Å². The van der Waals surface area contributed by atoms with E-state index in [1.54, 1.807) is 18.2 Å². The van der Waals surface area contributed by atoms with E-state index in [0.29, 0.717) is 23.2 Å². The highest BCUT2D eigenvalue weighted by atomic mass is 16.2. The molecule has 2 aliphatic rings. The van der Waals surface area contributed by atoms with Gasteiger partial charge < -0.3 is 5.32 Å². The van der Waals surface area contributed by atoms with Crippen molar-refractivity contribution in [3.63, 3.8) is 0 Å². The molecule has 0 saturated heterocycles. The number of rotatable bonds is 5. The number of benzene rings is 2. The summed E-state index contributed by atoms with van der Waals surface area (Å²) in [4.78, 5) is 40.0. The first-order valence-electron chi connectivity index (χ1n) is 10.5. The molecule has 1 fully saturated rings. The number of fused-ring (bicyclic) bond motifs is 1. The SMILES string of the molecule is CC[C@@H](C(=O)Nc1ccc2c(c1)C(=O)N(C1CCCCC1)C2=O)c1ccccc1. The summed E-state index contributed by atoms with van der Waals surface area (Å²) in [6, 6.07) is 14.7. The molecule has 2 aromatic carbocycles. The van der Waals surface area contributed by atoms with E-state index in [1.807, 2.05) is 37.3 Å². The Kier molecular flexibility index (Phi) is 5.47. The highest BCUT2D eigenvalue weighted by molar-refractivity contribution is 6.22. The molecule has 1 N–H and O–H groups in total. The minimum Gasteiger partial charge on any atom is -0.326 e. The van der Waals surface area contributed by atoms with Crippen molar-refractivity contribution in [2.75, 3.05) is 5.32 Å². The third kappa shape index (κ3) is 3.69. The van der Waals surface area contributed by atoms with Crippen LogP contribution in [0.25, 0.3) is 0 Å². The lowest BCUT2D eigenvalue weighted by molar-refractivity contribution is -0.117. The molecule has 0 spiro atoms. The first-order valence-corrected chi connectivity index (χ1v) is 10.5. The fraction of sp³-hybridized carbons (Fsp3) is 0.375. The summed E-state index contributed by atoms with van der Waals surface area (Å²) in [6.45, 7) is 1.98. The molecule has 3 amide bonds. The summed E-state index contributed by atoms with van der Waals surface area (Å²) in [6.07, 6.45) is 5.70. The number of nitrogens with zero attached hydrogens (tertiary/aromatic N) is 1. The topological polar surface area (TPSA) is 66.5 Å². The minimum absolute atomic E-state index is 0.00302. The Morgan fingerprint density at radius 1 is 1.00 bits per heavy atom.